The van der Waals surface area contributed by atoms with Crippen molar-refractivity contribution in [2.24, 2.45) is 5.41 Å². The number of carbonyl (C=O) groups is 2. The van der Waals surface area contributed by atoms with Crippen LogP contribution in [0.3, 0.4) is 0 Å². The monoisotopic (exact) mass is 431 g/mol. The number of rotatable bonds is 6. The van der Waals surface area contributed by atoms with Crippen LogP contribution in [0.25, 0.3) is 11.1 Å². The van der Waals surface area contributed by atoms with Gasteiger partial charge in [0.2, 0.25) is 11.8 Å². The highest BCUT2D eigenvalue weighted by Crippen LogP contribution is 2.37. The van der Waals surface area contributed by atoms with E-state index in [9.17, 15) is 14.0 Å². The van der Waals surface area contributed by atoms with Crippen LogP contribution in [0.5, 0.6) is 0 Å². The summed E-state index contributed by atoms with van der Waals surface area (Å²) in [5.74, 6) is -0.433. The largest absolute Gasteiger partial charge is 0.359 e. The highest BCUT2D eigenvalue weighted by molar-refractivity contribution is 5.86. The number of hydrogen-bond acceptors (Lipinski definition) is 3. The van der Waals surface area contributed by atoms with Gasteiger partial charge in [0.05, 0.1) is 11.8 Å². The fraction of sp³-hybridized carbons (Fsp3) is 0.269. The van der Waals surface area contributed by atoms with E-state index in [1.165, 1.54) is 12.1 Å². The average molecular weight is 432 g/mol. The molecule has 0 spiro atoms. The highest BCUT2D eigenvalue weighted by atomic mass is 19.1. The fourth-order valence-corrected chi connectivity index (χ4v) is 4.50. The van der Waals surface area contributed by atoms with E-state index in [4.69, 9.17) is 0 Å². The Morgan fingerprint density at radius 1 is 1.06 bits per heavy atom. The van der Waals surface area contributed by atoms with Crippen LogP contribution in [0.4, 0.5) is 4.39 Å². The van der Waals surface area contributed by atoms with Crippen LogP contribution >= 0.6 is 0 Å². The average Bonchev–Trinajstić information content (AvgIpc) is 3.26. The van der Waals surface area contributed by atoms with Gasteiger partial charge in [-0.1, -0.05) is 36.4 Å². The second-order valence-corrected chi connectivity index (χ2v) is 8.30. The Morgan fingerprint density at radius 3 is 2.50 bits per heavy atom. The first-order valence-corrected chi connectivity index (χ1v) is 10.7. The van der Waals surface area contributed by atoms with Gasteiger partial charge in [-0.05, 0) is 59.4 Å². The molecule has 164 valence electrons. The van der Waals surface area contributed by atoms with E-state index >= 15 is 0 Å². The quantitative estimate of drug-likeness (QED) is 0.648. The van der Waals surface area contributed by atoms with E-state index in [1.54, 1.807) is 36.5 Å². The number of likely N-dealkylation sites (tertiary alicyclic amines) is 1. The molecule has 0 radical (unpaired) electrons. The summed E-state index contributed by atoms with van der Waals surface area (Å²) in [5, 5.41) is 2.81. The van der Waals surface area contributed by atoms with E-state index in [0.29, 0.717) is 25.9 Å². The molecule has 1 atom stereocenters. The first-order chi connectivity index (χ1) is 15.5. The fourth-order valence-electron chi connectivity index (χ4n) is 4.50. The molecule has 6 heteroatoms. The van der Waals surface area contributed by atoms with E-state index in [0.717, 1.165) is 22.3 Å². The minimum atomic E-state index is -0.698. The summed E-state index contributed by atoms with van der Waals surface area (Å²) in [6, 6.07) is 17.9. The SMILES string of the molecule is CNC(=O)[C@@]1(Cc2ccccc2-c2ccncc2)CCN(C(=O)Cc2ccc(F)cc2)C1. The van der Waals surface area contributed by atoms with Crippen LogP contribution in [-0.4, -0.2) is 41.8 Å². The summed E-state index contributed by atoms with van der Waals surface area (Å²) in [6.07, 6.45) is 4.83. The Kier molecular flexibility index (Phi) is 6.30. The molecule has 0 unspecified atom stereocenters. The number of hydrogen-bond donors (Lipinski definition) is 1. The predicted octanol–water partition coefficient (Wildman–Crippen LogP) is 3.64. The Hall–Kier alpha value is -3.54. The number of amides is 2. The van der Waals surface area contributed by atoms with Gasteiger partial charge in [-0.25, -0.2) is 4.39 Å². The van der Waals surface area contributed by atoms with Gasteiger partial charge < -0.3 is 10.2 Å². The molecule has 1 aliphatic heterocycles. The summed E-state index contributed by atoms with van der Waals surface area (Å²) in [4.78, 5) is 31.8. The van der Waals surface area contributed by atoms with Crippen LogP contribution < -0.4 is 5.32 Å². The minimum Gasteiger partial charge on any atom is -0.359 e. The van der Waals surface area contributed by atoms with Gasteiger partial charge in [0, 0.05) is 32.5 Å². The van der Waals surface area contributed by atoms with Crippen molar-refractivity contribution in [3.63, 3.8) is 0 Å². The molecule has 5 nitrogen and oxygen atoms in total. The lowest BCUT2D eigenvalue weighted by Gasteiger charge is -2.28. The van der Waals surface area contributed by atoms with Crippen molar-refractivity contribution in [3.8, 4) is 11.1 Å². The lowest BCUT2D eigenvalue weighted by Crippen LogP contribution is -2.44. The Labute approximate surface area is 187 Å². The summed E-state index contributed by atoms with van der Waals surface area (Å²) in [7, 11) is 1.64. The number of halogens is 1. The Balaban J connectivity index is 1.57. The molecule has 2 heterocycles. The molecule has 3 aromatic rings. The van der Waals surface area contributed by atoms with Gasteiger partial charge in [0.25, 0.3) is 0 Å². The van der Waals surface area contributed by atoms with Crippen molar-refractivity contribution in [2.75, 3.05) is 20.1 Å². The molecular weight excluding hydrogens is 405 g/mol. The number of carbonyl (C=O) groups excluding carboxylic acids is 2. The first-order valence-electron chi connectivity index (χ1n) is 10.7. The highest BCUT2D eigenvalue weighted by Gasteiger charge is 2.45. The molecule has 4 rings (SSSR count). The minimum absolute atomic E-state index is 0.0511. The zero-order chi connectivity index (χ0) is 22.6. The van der Waals surface area contributed by atoms with Gasteiger partial charge in [0.1, 0.15) is 5.82 Å². The molecule has 1 aliphatic rings. The van der Waals surface area contributed by atoms with Crippen LogP contribution in [-0.2, 0) is 22.4 Å². The number of nitrogens with zero attached hydrogens (tertiary/aromatic N) is 2. The number of nitrogens with one attached hydrogen (secondary N) is 1. The molecule has 32 heavy (non-hydrogen) atoms. The summed E-state index contributed by atoms with van der Waals surface area (Å²) >= 11 is 0. The smallest absolute Gasteiger partial charge is 0.228 e. The topological polar surface area (TPSA) is 62.3 Å². The van der Waals surface area contributed by atoms with Gasteiger partial charge >= 0.3 is 0 Å². The summed E-state index contributed by atoms with van der Waals surface area (Å²) < 4.78 is 13.2. The lowest BCUT2D eigenvalue weighted by atomic mass is 9.78. The second kappa shape index (κ2) is 9.30. The molecule has 1 fully saturated rings. The van der Waals surface area contributed by atoms with Crippen molar-refractivity contribution in [2.45, 2.75) is 19.3 Å². The van der Waals surface area contributed by atoms with Crippen molar-refractivity contribution < 1.29 is 14.0 Å². The maximum absolute atomic E-state index is 13.2. The van der Waals surface area contributed by atoms with Crippen molar-refractivity contribution in [1.82, 2.24) is 15.2 Å². The molecular formula is C26H26FN3O2. The molecule has 0 bridgehead atoms. The normalized spacial score (nSPS) is 17.9. The molecule has 1 saturated heterocycles. The predicted molar refractivity (Wildman–Crippen MR) is 121 cm³/mol. The third-order valence-corrected chi connectivity index (χ3v) is 6.22. The summed E-state index contributed by atoms with van der Waals surface area (Å²) in [6.45, 7) is 0.877. The van der Waals surface area contributed by atoms with Crippen LogP contribution in [0, 0.1) is 11.2 Å². The Morgan fingerprint density at radius 2 is 1.78 bits per heavy atom. The van der Waals surface area contributed by atoms with Crippen molar-refractivity contribution >= 4 is 11.8 Å². The number of benzene rings is 2. The van der Waals surface area contributed by atoms with Crippen molar-refractivity contribution in [1.29, 1.82) is 0 Å². The lowest BCUT2D eigenvalue weighted by molar-refractivity contribution is -0.132. The molecule has 1 N–H and O–H groups in total. The number of aromatic nitrogens is 1. The van der Waals surface area contributed by atoms with Crippen molar-refractivity contribution in [3.05, 3.63) is 90.0 Å². The van der Waals surface area contributed by atoms with Gasteiger partial charge in [0.15, 0.2) is 0 Å². The van der Waals surface area contributed by atoms with E-state index in [2.05, 4.69) is 16.4 Å². The molecule has 2 aromatic carbocycles. The number of pyridine rings is 1. The standard InChI is InChI=1S/C26H26FN3O2/c1-28-25(32)26(17-21-4-2-3-5-23(21)20-10-13-29-14-11-20)12-15-30(18-26)24(31)16-19-6-8-22(27)9-7-19/h2-11,13-14H,12,15-18H2,1H3,(H,28,32)/t26-/m1/s1. The van der Waals surface area contributed by atoms with Gasteiger partial charge in [-0.15, -0.1) is 0 Å². The first kappa shape index (κ1) is 21.7. The Bertz CT molecular complexity index is 1100. The van der Waals surface area contributed by atoms with E-state index in [1.807, 2.05) is 30.3 Å². The second-order valence-electron chi connectivity index (χ2n) is 8.30. The summed E-state index contributed by atoms with van der Waals surface area (Å²) in [5.41, 5.74) is 3.24. The van der Waals surface area contributed by atoms with Crippen LogP contribution in [0.2, 0.25) is 0 Å². The zero-order valence-corrected chi connectivity index (χ0v) is 18.1. The third-order valence-electron chi connectivity index (χ3n) is 6.22. The maximum atomic E-state index is 13.2. The molecule has 2 amide bonds. The van der Waals surface area contributed by atoms with Crippen LogP contribution in [0.1, 0.15) is 17.5 Å². The van der Waals surface area contributed by atoms with Crippen LogP contribution in [0.15, 0.2) is 73.1 Å². The van der Waals surface area contributed by atoms with E-state index < -0.39 is 5.41 Å². The van der Waals surface area contributed by atoms with Gasteiger partial charge in [-0.2, -0.15) is 0 Å². The molecule has 0 saturated carbocycles. The molecule has 0 aliphatic carbocycles. The zero-order valence-electron chi connectivity index (χ0n) is 18.1. The van der Waals surface area contributed by atoms with E-state index in [-0.39, 0.29) is 24.1 Å². The maximum Gasteiger partial charge on any atom is 0.228 e. The third kappa shape index (κ3) is 4.54. The molecule has 1 aromatic heterocycles. The van der Waals surface area contributed by atoms with Gasteiger partial charge in [-0.3, -0.25) is 14.6 Å².